The molecule has 2 aliphatic heterocycles. The molecule has 1 atom stereocenters. The minimum absolute atomic E-state index is 0.225. The first-order valence-corrected chi connectivity index (χ1v) is 8.60. The van der Waals surface area contributed by atoms with Crippen molar-refractivity contribution in [2.75, 3.05) is 39.3 Å². The van der Waals surface area contributed by atoms with Gasteiger partial charge in [0.2, 0.25) is 5.91 Å². The van der Waals surface area contributed by atoms with Gasteiger partial charge in [0.05, 0.1) is 13.2 Å². The Morgan fingerprint density at radius 1 is 1.17 bits per heavy atom. The summed E-state index contributed by atoms with van der Waals surface area (Å²) < 4.78 is 19.2. The van der Waals surface area contributed by atoms with Gasteiger partial charge >= 0.3 is 0 Å². The molecular weight excluding hydrogens is 295 g/mol. The Morgan fingerprint density at radius 2 is 1.96 bits per heavy atom. The summed E-state index contributed by atoms with van der Waals surface area (Å²) in [5, 5.41) is 0. The molecule has 126 valence electrons. The molecule has 0 unspecified atom stereocenters. The van der Waals surface area contributed by atoms with E-state index in [1.807, 2.05) is 4.90 Å². The summed E-state index contributed by atoms with van der Waals surface area (Å²) in [4.78, 5) is 16.6. The van der Waals surface area contributed by atoms with Crippen LogP contribution in [0.2, 0.25) is 0 Å². The van der Waals surface area contributed by atoms with Crippen molar-refractivity contribution in [2.45, 2.75) is 25.7 Å². The Bertz CT molecular complexity index is 532. The highest BCUT2D eigenvalue weighted by molar-refractivity contribution is 5.78. The van der Waals surface area contributed by atoms with Gasteiger partial charge in [-0.15, -0.1) is 0 Å². The van der Waals surface area contributed by atoms with E-state index >= 15 is 0 Å². The molecule has 0 aliphatic carbocycles. The maximum atomic E-state index is 13.6. The van der Waals surface area contributed by atoms with Crippen LogP contribution in [0.15, 0.2) is 24.3 Å². The Balaban J connectivity index is 1.47. The first-order chi connectivity index (χ1) is 11.2. The number of para-hydroxylation sites is 1. The van der Waals surface area contributed by atoms with Gasteiger partial charge in [0.25, 0.3) is 0 Å². The van der Waals surface area contributed by atoms with Gasteiger partial charge in [0.15, 0.2) is 11.6 Å². The van der Waals surface area contributed by atoms with Gasteiger partial charge in [-0.2, -0.15) is 0 Å². The molecule has 5 heteroatoms. The van der Waals surface area contributed by atoms with Gasteiger partial charge in [-0.25, -0.2) is 4.39 Å². The van der Waals surface area contributed by atoms with Gasteiger partial charge in [0.1, 0.15) is 0 Å². The molecule has 0 aromatic heterocycles. The number of rotatable bonds is 5. The van der Waals surface area contributed by atoms with Gasteiger partial charge in [0, 0.05) is 19.0 Å². The van der Waals surface area contributed by atoms with Crippen molar-refractivity contribution in [1.29, 1.82) is 0 Å². The summed E-state index contributed by atoms with van der Waals surface area (Å²) >= 11 is 0. The molecule has 2 heterocycles. The number of hydrogen-bond donors (Lipinski definition) is 0. The molecule has 0 bridgehead atoms. The fraction of sp³-hybridized carbons (Fsp3) is 0.611. The second-order valence-electron chi connectivity index (χ2n) is 6.57. The van der Waals surface area contributed by atoms with Crippen molar-refractivity contribution in [3.63, 3.8) is 0 Å². The molecule has 0 N–H and O–H groups in total. The molecule has 2 saturated heterocycles. The molecule has 1 amide bonds. The standard InChI is InChI=1S/C18H25FN2O2/c19-16-7-1-2-8-17(16)23-14-15-6-5-11-21(12-15)18(22)13-20-9-3-4-10-20/h1-2,7-8,15H,3-6,9-14H2/t15-/m0/s1. The Hall–Kier alpha value is -1.62. The molecular formula is C18H25FN2O2. The Morgan fingerprint density at radius 3 is 2.74 bits per heavy atom. The predicted molar refractivity (Wildman–Crippen MR) is 86.9 cm³/mol. The van der Waals surface area contributed by atoms with Crippen molar-refractivity contribution < 1.29 is 13.9 Å². The van der Waals surface area contributed by atoms with Crippen molar-refractivity contribution in [3.8, 4) is 5.75 Å². The van der Waals surface area contributed by atoms with E-state index in [9.17, 15) is 9.18 Å². The highest BCUT2D eigenvalue weighted by atomic mass is 19.1. The molecule has 0 radical (unpaired) electrons. The zero-order valence-electron chi connectivity index (χ0n) is 13.5. The average molecular weight is 320 g/mol. The summed E-state index contributed by atoms with van der Waals surface area (Å²) in [5.74, 6) is 0.478. The zero-order valence-corrected chi connectivity index (χ0v) is 13.5. The number of piperidine rings is 1. The van der Waals surface area contributed by atoms with Gasteiger partial charge in [-0.3, -0.25) is 9.69 Å². The lowest BCUT2D eigenvalue weighted by Gasteiger charge is -2.33. The quantitative estimate of drug-likeness (QED) is 0.836. The van der Waals surface area contributed by atoms with Crippen LogP contribution >= 0.6 is 0 Å². The molecule has 1 aromatic carbocycles. The number of halogens is 1. The second kappa shape index (κ2) is 7.77. The Kier molecular flexibility index (Phi) is 5.49. The van der Waals surface area contributed by atoms with E-state index < -0.39 is 0 Å². The van der Waals surface area contributed by atoms with E-state index in [0.29, 0.717) is 18.9 Å². The molecule has 3 rings (SSSR count). The smallest absolute Gasteiger partial charge is 0.236 e. The van der Waals surface area contributed by atoms with Crippen molar-refractivity contribution in [3.05, 3.63) is 30.1 Å². The maximum absolute atomic E-state index is 13.6. The maximum Gasteiger partial charge on any atom is 0.236 e. The van der Waals surface area contributed by atoms with Crippen molar-refractivity contribution >= 4 is 5.91 Å². The van der Waals surface area contributed by atoms with Gasteiger partial charge in [-0.1, -0.05) is 12.1 Å². The number of ether oxygens (including phenoxy) is 1. The van der Waals surface area contributed by atoms with Crippen LogP contribution in [0, 0.1) is 11.7 Å². The summed E-state index contributed by atoms with van der Waals surface area (Å²) in [5.41, 5.74) is 0. The van der Waals surface area contributed by atoms with Crippen molar-refractivity contribution in [1.82, 2.24) is 9.80 Å². The fourth-order valence-electron chi connectivity index (χ4n) is 3.43. The summed E-state index contributed by atoms with van der Waals surface area (Å²) in [6.07, 6.45) is 4.43. The van der Waals surface area contributed by atoms with Gasteiger partial charge < -0.3 is 9.64 Å². The van der Waals surface area contributed by atoms with E-state index in [1.54, 1.807) is 18.2 Å². The van der Waals surface area contributed by atoms with E-state index in [0.717, 1.165) is 39.0 Å². The molecule has 2 fully saturated rings. The van der Waals surface area contributed by atoms with Gasteiger partial charge in [-0.05, 0) is 50.9 Å². The zero-order chi connectivity index (χ0) is 16.1. The number of hydrogen-bond acceptors (Lipinski definition) is 3. The first-order valence-electron chi connectivity index (χ1n) is 8.60. The number of amides is 1. The average Bonchev–Trinajstić information content (AvgIpc) is 3.07. The highest BCUT2D eigenvalue weighted by Crippen LogP contribution is 2.21. The molecule has 0 spiro atoms. The topological polar surface area (TPSA) is 32.8 Å². The summed E-state index contributed by atoms with van der Waals surface area (Å²) in [6, 6.07) is 6.48. The number of benzene rings is 1. The SMILES string of the molecule is O=C(CN1CCCC1)N1CCC[C@H](COc2ccccc2F)C1. The molecule has 1 aromatic rings. The lowest BCUT2D eigenvalue weighted by Crippen LogP contribution is -2.45. The summed E-state index contributed by atoms with van der Waals surface area (Å²) in [7, 11) is 0. The minimum Gasteiger partial charge on any atom is -0.490 e. The van der Waals surface area contributed by atoms with Crippen LogP contribution in [0.5, 0.6) is 5.75 Å². The monoisotopic (exact) mass is 320 g/mol. The third kappa shape index (κ3) is 4.44. The molecule has 23 heavy (non-hydrogen) atoms. The third-order valence-electron chi connectivity index (χ3n) is 4.74. The second-order valence-corrected chi connectivity index (χ2v) is 6.57. The number of carbonyl (C=O) groups is 1. The molecule has 0 saturated carbocycles. The highest BCUT2D eigenvalue weighted by Gasteiger charge is 2.26. The number of likely N-dealkylation sites (tertiary alicyclic amines) is 2. The third-order valence-corrected chi connectivity index (χ3v) is 4.74. The Labute approximate surface area is 137 Å². The normalized spacial score (nSPS) is 22.3. The van der Waals surface area contributed by atoms with E-state index in [1.165, 1.54) is 18.9 Å². The van der Waals surface area contributed by atoms with Crippen LogP contribution in [0.3, 0.4) is 0 Å². The largest absolute Gasteiger partial charge is 0.490 e. The van der Waals surface area contributed by atoms with Crippen LogP contribution in [0.4, 0.5) is 4.39 Å². The van der Waals surface area contributed by atoms with Crippen LogP contribution < -0.4 is 4.74 Å². The van der Waals surface area contributed by atoms with E-state index in [4.69, 9.17) is 4.74 Å². The van der Waals surface area contributed by atoms with Crippen LogP contribution in [-0.4, -0.2) is 55.0 Å². The predicted octanol–water partition coefficient (Wildman–Crippen LogP) is 2.54. The number of nitrogens with zero attached hydrogens (tertiary/aromatic N) is 2. The van der Waals surface area contributed by atoms with E-state index in [2.05, 4.69) is 4.90 Å². The van der Waals surface area contributed by atoms with Crippen LogP contribution in [-0.2, 0) is 4.79 Å². The van der Waals surface area contributed by atoms with Crippen LogP contribution in [0.1, 0.15) is 25.7 Å². The molecule has 4 nitrogen and oxygen atoms in total. The lowest BCUT2D eigenvalue weighted by atomic mass is 9.99. The number of carbonyl (C=O) groups excluding carboxylic acids is 1. The van der Waals surface area contributed by atoms with Crippen molar-refractivity contribution in [2.24, 2.45) is 5.92 Å². The molecule has 2 aliphatic rings. The fourth-order valence-corrected chi connectivity index (χ4v) is 3.43. The summed E-state index contributed by atoms with van der Waals surface area (Å²) in [6.45, 7) is 4.65. The van der Waals surface area contributed by atoms with E-state index in [-0.39, 0.29) is 17.6 Å². The van der Waals surface area contributed by atoms with Crippen LogP contribution in [0.25, 0.3) is 0 Å². The first kappa shape index (κ1) is 16.2. The minimum atomic E-state index is -0.328. The lowest BCUT2D eigenvalue weighted by molar-refractivity contribution is -0.134.